The molecule has 0 saturated carbocycles. The zero-order valence-electron chi connectivity index (χ0n) is 14.2. The molecule has 0 aliphatic carbocycles. The number of ether oxygens (including phenoxy) is 2. The standard InChI is InChI=1S/C20H18N2O4/c1-25-17-8-10-18(11-9-17)26-13-19(23)21-22-20(24)16-7-6-14-4-2-3-5-15(14)12-16/h2-12H,13H2,1H3,(H,21,23)(H,22,24). The van der Waals surface area contributed by atoms with Gasteiger partial charge < -0.3 is 9.47 Å². The highest BCUT2D eigenvalue weighted by molar-refractivity contribution is 5.99. The summed E-state index contributed by atoms with van der Waals surface area (Å²) in [6.07, 6.45) is 0. The molecule has 6 nitrogen and oxygen atoms in total. The number of carbonyl (C=O) groups is 2. The predicted molar refractivity (Wildman–Crippen MR) is 98.0 cm³/mol. The number of rotatable bonds is 5. The van der Waals surface area contributed by atoms with Crippen LogP contribution in [0.5, 0.6) is 11.5 Å². The van der Waals surface area contributed by atoms with E-state index in [2.05, 4.69) is 10.9 Å². The number of methoxy groups -OCH3 is 1. The molecule has 0 radical (unpaired) electrons. The second-order valence-corrected chi connectivity index (χ2v) is 5.53. The van der Waals surface area contributed by atoms with E-state index in [4.69, 9.17) is 9.47 Å². The fourth-order valence-corrected chi connectivity index (χ4v) is 2.39. The number of benzene rings is 3. The van der Waals surface area contributed by atoms with E-state index in [-0.39, 0.29) is 6.61 Å². The number of fused-ring (bicyclic) bond motifs is 1. The third-order valence-corrected chi connectivity index (χ3v) is 3.76. The van der Waals surface area contributed by atoms with E-state index in [9.17, 15) is 9.59 Å². The molecule has 3 aromatic rings. The van der Waals surface area contributed by atoms with Crippen LogP contribution in [0.15, 0.2) is 66.7 Å². The molecule has 0 bridgehead atoms. The summed E-state index contributed by atoms with van der Waals surface area (Å²) in [6.45, 7) is -0.218. The van der Waals surface area contributed by atoms with Crippen molar-refractivity contribution < 1.29 is 19.1 Å². The van der Waals surface area contributed by atoms with Crippen molar-refractivity contribution in [3.8, 4) is 11.5 Å². The average molecular weight is 350 g/mol. The lowest BCUT2D eigenvalue weighted by Gasteiger charge is -2.09. The summed E-state index contributed by atoms with van der Waals surface area (Å²) < 4.78 is 10.4. The van der Waals surface area contributed by atoms with Crippen LogP contribution in [0.2, 0.25) is 0 Å². The van der Waals surface area contributed by atoms with Crippen LogP contribution < -0.4 is 20.3 Å². The number of hydrogen-bond acceptors (Lipinski definition) is 4. The summed E-state index contributed by atoms with van der Waals surface area (Å²) in [5.41, 5.74) is 5.17. The van der Waals surface area contributed by atoms with Crippen molar-refractivity contribution in [3.63, 3.8) is 0 Å². The number of carbonyl (C=O) groups excluding carboxylic acids is 2. The minimum Gasteiger partial charge on any atom is -0.497 e. The molecule has 0 heterocycles. The molecule has 2 amide bonds. The summed E-state index contributed by atoms with van der Waals surface area (Å²) in [5.74, 6) is 0.370. The number of amides is 2. The maximum atomic E-state index is 12.2. The van der Waals surface area contributed by atoms with Gasteiger partial charge in [0.25, 0.3) is 11.8 Å². The number of hydrogen-bond donors (Lipinski definition) is 2. The van der Waals surface area contributed by atoms with Gasteiger partial charge in [0.2, 0.25) is 0 Å². The van der Waals surface area contributed by atoms with Crippen LogP contribution >= 0.6 is 0 Å². The van der Waals surface area contributed by atoms with Crippen molar-refractivity contribution in [2.45, 2.75) is 0 Å². The number of hydrazine groups is 1. The van der Waals surface area contributed by atoms with E-state index >= 15 is 0 Å². The van der Waals surface area contributed by atoms with Gasteiger partial charge in [0, 0.05) is 5.56 Å². The van der Waals surface area contributed by atoms with Crippen LogP contribution in [-0.4, -0.2) is 25.5 Å². The zero-order valence-corrected chi connectivity index (χ0v) is 14.2. The third-order valence-electron chi connectivity index (χ3n) is 3.76. The highest BCUT2D eigenvalue weighted by Crippen LogP contribution is 2.17. The molecule has 3 aromatic carbocycles. The van der Waals surface area contributed by atoms with Gasteiger partial charge in [-0.2, -0.15) is 0 Å². The molecule has 6 heteroatoms. The molecule has 0 aliphatic rings. The Bertz CT molecular complexity index is 923. The van der Waals surface area contributed by atoms with Gasteiger partial charge in [-0.05, 0) is 47.2 Å². The van der Waals surface area contributed by atoms with E-state index in [1.165, 1.54) is 0 Å². The molecule has 2 N–H and O–H groups in total. The molecule has 0 saturated heterocycles. The lowest BCUT2D eigenvalue weighted by atomic mass is 10.1. The Morgan fingerprint density at radius 3 is 2.27 bits per heavy atom. The average Bonchev–Trinajstić information content (AvgIpc) is 2.70. The Morgan fingerprint density at radius 1 is 0.846 bits per heavy atom. The summed E-state index contributed by atoms with van der Waals surface area (Å²) >= 11 is 0. The van der Waals surface area contributed by atoms with Crippen LogP contribution in [0.3, 0.4) is 0 Å². The van der Waals surface area contributed by atoms with E-state index in [1.54, 1.807) is 43.5 Å². The molecule has 0 fully saturated rings. The molecule has 0 spiro atoms. The summed E-state index contributed by atoms with van der Waals surface area (Å²) in [4.78, 5) is 24.0. The molecule has 0 aromatic heterocycles. The second-order valence-electron chi connectivity index (χ2n) is 5.53. The topological polar surface area (TPSA) is 76.7 Å². The van der Waals surface area contributed by atoms with Crippen LogP contribution in [0.25, 0.3) is 10.8 Å². The van der Waals surface area contributed by atoms with E-state index < -0.39 is 11.8 Å². The minimum absolute atomic E-state index is 0.218. The molecule has 132 valence electrons. The normalized spacial score (nSPS) is 10.2. The van der Waals surface area contributed by atoms with Gasteiger partial charge in [-0.3, -0.25) is 20.4 Å². The smallest absolute Gasteiger partial charge is 0.276 e. The molecule has 26 heavy (non-hydrogen) atoms. The van der Waals surface area contributed by atoms with Gasteiger partial charge in [-0.25, -0.2) is 0 Å². The molecule has 3 rings (SSSR count). The first-order valence-corrected chi connectivity index (χ1v) is 8.00. The highest BCUT2D eigenvalue weighted by Gasteiger charge is 2.08. The Kier molecular flexibility index (Phi) is 5.34. The van der Waals surface area contributed by atoms with Crippen LogP contribution in [0, 0.1) is 0 Å². The van der Waals surface area contributed by atoms with Crippen molar-refractivity contribution in [2.24, 2.45) is 0 Å². The van der Waals surface area contributed by atoms with Crippen LogP contribution in [-0.2, 0) is 4.79 Å². The summed E-state index contributed by atoms with van der Waals surface area (Å²) in [6, 6.07) is 19.9. The highest BCUT2D eigenvalue weighted by atomic mass is 16.5. The predicted octanol–water partition coefficient (Wildman–Crippen LogP) is 2.69. The van der Waals surface area contributed by atoms with Crippen LogP contribution in [0.4, 0.5) is 0 Å². The minimum atomic E-state index is -0.463. The lowest BCUT2D eigenvalue weighted by Crippen LogP contribution is -2.43. The van der Waals surface area contributed by atoms with Crippen LogP contribution in [0.1, 0.15) is 10.4 Å². The molecular formula is C20H18N2O4. The van der Waals surface area contributed by atoms with Crippen molar-refractivity contribution in [3.05, 3.63) is 72.3 Å². The Morgan fingerprint density at radius 2 is 1.54 bits per heavy atom. The Labute approximate surface area is 150 Å². The largest absolute Gasteiger partial charge is 0.497 e. The first-order chi connectivity index (χ1) is 12.7. The number of nitrogens with one attached hydrogen (secondary N) is 2. The first-order valence-electron chi connectivity index (χ1n) is 8.00. The molecular weight excluding hydrogens is 332 g/mol. The van der Waals surface area contributed by atoms with E-state index in [0.29, 0.717) is 17.1 Å². The lowest BCUT2D eigenvalue weighted by molar-refractivity contribution is -0.123. The van der Waals surface area contributed by atoms with Gasteiger partial charge in [-0.15, -0.1) is 0 Å². The van der Waals surface area contributed by atoms with E-state index in [1.807, 2.05) is 30.3 Å². The van der Waals surface area contributed by atoms with Crippen molar-refractivity contribution in [1.29, 1.82) is 0 Å². The molecule has 0 aliphatic heterocycles. The summed E-state index contributed by atoms with van der Waals surface area (Å²) in [7, 11) is 1.57. The monoisotopic (exact) mass is 350 g/mol. The van der Waals surface area contributed by atoms with Gasteiger partial charge in [-0.1, -0.05) is 30.3 Å². The maximum Gasteiger partial charge on any atom is 0.276 e. The summed E-state index contributed by atoms with van der Waals surface area (Å²) in [5, 5.41) is 2.00. The van der Waals surface area contributed by atoms with Gasteiger partial charge in [0.1, 0.15) is 11.5 Å². The SMILES string of the molecule is COc1ccc(OCC(=O)NNC(=O)c2ccc3ccccc3c2)cc1. The quantitative estimate of drug-likeness (QED) is 0.694. The first kappa shape index (κ1) is 17.3. The van der Waals surface area contributed by atoms with Crippen molar-refractivity contribution in [2.75, 3.05) is 13.7 Å². The third kappa shape index (κ3) is 4.30. The Balaban J connectivity index is 1.50. The Hall–Kier alpha value is -3.54. The van der Waals surface area contributed by atoms with Gasteiger partial charge >= 0.3 is 0 Å². The molecule has 0 atom stereocenters. The van der Waals surface area contributed by atoms with Crippen molar-refractivity contribution in [1.82, 2.24) is 10.9 Å². The van der Waals surface area contributed by atoms with Gasteiger partial charge in [0.15, 0.2) is 6.61 Å². The van der Waals surface area contributed by atoms with Gasteiger partial charge in [0.05, 0.1) is 7.11 Å². The zero-order chi connectivity index (χ0) is 18.4. The fourth-order valence-electron chi connectivity index (χ4n) is 2.39. The van der Waals surface area contributed by atoms with E-state index in [0.717, 1.165) is 10.8 Å². The maximum absolute atomic E-state index is 12.2. The second kappa shape index (κ2) is 8.02. The molecule has 0 unspecified atom stereocenters. The fraction of sp³-hybridized carbons (Fsp3) is 0.100. The van der Waals surface area contributed by atoms with Crippen molar-refractivity contribution >= 4 is 22.6 Å².